The Hall–Kier alpha value is -2.33. The van der Waals surface area contributed by atoms with Crippen molar-refractivity contribution in [2.45, 2.75) is 6.54 Å². The van der Waals surface area contributed by atoms with Crippen LogP contribution in [0.3, 0.4) is 0 Å². The molecular weight excluding hydrogens is 346 g/mol. The average molecular weight is 360 g/mol. The van der Waals surface area contributed by atoms with Crippen molar-refractivity contribution in [3.63, 3.8) is 0 Å². The van der Waals surface area contributed by atoms with Crippen LogP contribution >= 0.6 is 11.6 Å². The van der Waals surface area contributed by atoms with Crippen LogP contribution in [0.2, 0.25) is 5.02 Å². The number of aromatic nitrogens is 3. The Kier molecular flexibility index (Phi) is 5.06. The normalized spacial score (nSPS) is 11.1. The van der Waals surface area contributed by atoms with Gasteiger partial charge >= 0.3 is 0 Å². The predicted octanol–water partition coefficient (Wildman–Crippen LogP) is 0.950. The molecule has 0 spiro atoms. The largest absolute Gasteiger partial charge is 0.495 e. The van der Waals surface area contributed by atoms with Crippen molar-refractivity contribution in [3.8, 4) is 5.75 Å². The molecule has 23 heavy (non-hydrogen) atoms. The van der Waals surface area contributed by atoms with Gasteiger partial charge in [-0.2, -0.15) is 9.90 Å². The number of hydrogen-bond donors (Lipinski definition) is 2. The first-order chi connectivity index (χ1) is 10.8. The second kappa shape index (κ2) is 6.84. The minimum Gasteiger partial charge on any atom is -0.495 e. The molecule has 0 aliphatic heterocycles. The fourth-order valence-electron chi connectivity index (χ4n) is 1.71. The van der Waals surface area contributed by atoms with Gasteiger partial charge in [-0.05, 0) is 18.2 Å². The van der Waals surface area contributed by atoms with Gasteiger partial charge in [0, 0.05) is 5.02 Å². The maximum Gasteiger partial charge on any atom is 0.248 e. The zero-order valence-corrected chi connectivity index (χ0v) is 13.8. The number of anilines is 2. The van der Waals surface area contributed by atoms with Gasteiger partial charge in [0.25, 0.3) is 0 Å². The van der Waals surface area contributed by atoms with E-state index in [1.807, 2.05) is 0 Å². The number of amides is 1. The molecule has 0 aliphatic rings. The minimum absolute atomic E-state index is 0.0284. The summed E-state index contributed by atoms with van der Waals surface area (Å²) in [6.45, 7) is -0.207. The van der Waals surface area contributed by atoms with E-state index in [4.69, 9.17) is 16.3 Å². The van der Waals surface area contributed by atoms with Crippen LogP contribution in [0.5, 0.6) is 5.75 Å². The van der Waals surface area contributed by atoms with E-state index in [2.05, 4.69) is 20.2 Å². The molecule has 2 aromatic rings. The van der Waals surface area contributed by atoms with Gasteiger partial charge in [0.2, 0.25) is 15.9 Å². The SMILES string of the molecule is COc1ccc(Cl)cc1NC(=O)Cn1ncc(NS(C)(=O)=O)n1. The third-order valence-corrected chi connectivity index (χ3v) is 3.36. The van der Waals surface area contributed by atoms with E-state index in [1.54, 1.807) is 18.2 Å². The summed E-state index contributed by atoms with van der Waals surface area (Å²) in [6.07, 6.45) is 2.19. The summed E-state index contributed by atoms with van der Waals surface area (Å²) < 4.78 is 29.4. The maximum atomic E-state index is 12.0. The van der Waals surface area contributed by atoms with Crippen molar-refractivity contribution >= 4 is 39.0 Å². The molecule has 0 aliphatic carbocycles. The smallest absolute Gasteiger partial charge is 0.248 e. The molecule has 0 saturated heterocycles. The lowest BCUT2D eigenvalue weighted by Gasteiger charge is -2.10. The third-order valence-electron chi connectivity index (χ3n) is 2.55. The second-order valence-electron chi connectivity index (χ2n) is 4.53. The molecule has 0 atom stereocenters. The van der Waals surface area contributed by atoms with Crippen LogP contribution in [-0.2, 0) is 21.4 Å². The molecule has 0 unspecified atom stereocenters. The fourth-order valence-corrected chi connectivity index (χ4v) is 2.35. The van der Waals surface area contributed by atoms with Crippen LogP contribution in [0.1, 0.15) is 0 Å². The summed E-state index contributed by atoms with van der Waals surface area (Å²) in [6, 6.07) is 4.80. The number of carbonyl (C=O) groups is 1. The summed E-state index contributed by atoms with van der Waals surface area (Å²) in [7, 11) is -1.98. The summed E-state index contributed by atoms with van der Waals surface area (Å²) in [5.74, 6) is 0.0586. The van der Waals surface area contributed by atoms with Crippen LogP contribution in [-0.4, -0.2) is 42.7 Å². The molecule has 11 heteroatoms. The van der Waals surface area contributed by atoms with E-state index >= 15 is 0 Å². The van der Waals surface area contributed by atoms with Crippen molar-refractivity contribution in [1.29, 1.82) is 0 Å². The topological polar surface area (TPSA) is 115 Å². The molecule has 9 nitrogen and oxygen atoms in total. The molecule has 124 valence electrons. The highest BCUT2D eigenvalue weighted by Crippen LogP contribution is 2.27. The highest BCUT2D eigenvalue weighted by molar-refractivity contribution is 7.92. The first kappa shape index (κ1) is 17.0. The van der Waals surface area contributed by atoms with Gasteiger partial charge < -0.3 is 10.1 Å². The van der Waals surface area contributed by atoms with E-state index in [0.717, 1.165) is 11.1 Å². The Morgan fingerprint density at radius 3 is 2.83 bits per heavy atom. The Bertz CT molecular complexity index is 821. The Morgan fingerprint density at radius 2 is 2.17 bits per heavy atom. The van der Waals surface area contributed by atoms with Crippen molar-refractivity contribution < 1.29 is 17.9 Å². The maximum absolute atomic E-state index is 12.0. The number of nitrogens with zero attached hydrogens (tertiary/aromatic N) is 3. The van der Waals surface area contributed by atoms with Gasteiger partial charge in [0.05, 0.1) is 25.2 Å². The highest BCUT2D eigenvalue weighted by atomic mass is 35.5. The van der Waals surface area contributed by atoms with Crippen molar-refractivity contribution in [2.75, 3.05) is 23.4 Å². The van der Waals surface area contributed by atoms with Crippen LogP contribution in [0, 0.1) is 0 Å². The van der Waals surface area contributed by atoms with E-state index in [0.29, 0.717) is 16.5 Å². The molecule has 1 heterocycles. The summed E-state index contributed by atoms with van der Waals surface area (Å²) in [5, 5.41) is 10.7. The molecule has 1 aromatic carbocycles. The first-order valence-corrected chi connectivity index (χ1v) is 8.55. The fraction of sp³-hybridized carbons (Fsp3) is 0.250. The number of methoxy groups -OCH3 is 1. The Labute approximate surface area is 137 Å². The van der Waals surface area contributed by atoms with Crippen molar-refractivity contribution in [1.82, 2.24) is 15.0 Å². The van der Waals surface area contributed by atoms with Crippen molar-refractivity contribution in [3.05, 3.63) is 29.4 Å². The van der Waals surface area contributed by atoms with Gasteiger partial charge in [-0.1, -0.05) is 11.6 Å². The Morgan fingerprint density at radius 1 is 1.43 bits per heavy atom. The lowest BCUT2D eigenvalue weighted by Crippen LogP contribution is -2.21. The van der Waals surface area contributed by atoms with Gasteiger partial charge in [0.1, 0.15) is 12.3 Å². The van der Waals surface area contributed by atoms with Crippen LogP contribution in [0.15, 0.2) is 24.4 Å². The van der Waals surface area contributed by atoms with Gasteiger partial charge in [-0.3, -0.25) is 9.52 Å². The molecule has 0 radical (unpaired) electrons. The molecule has 2 rings (SSSR count). The molecule has 1 aromatic heterocycles. The number of rotatable bonds is 6. The molecular formula is C12H14ClN5O4S. The second-order valence-corrected chi connectivity index (χ2v) is 6.71. The zero-order valence-electron chi connectivity index (χ0n) is 12.3. The first-order valence-electron chi connectivity index (χ1n) is 6.28. The lowest BCUT2D eigenvalue weighted by atomic mass is 10.3. The van der Waals surface area contributed by atoms with Crippen LogP contribution in [0.4, 0.5) is 11.5 Å². The van der Waals surface area contributed by atoms with E-state index in [1.165, 1.54) is 13.3 Å². The molecule has 0 bridgehead atoms. The van der Waals surface area contributed by atoms with Crippen molar-refractivity contribution in [2.24, 2.45) is 0 Å². The van der Waals surface area contributed by atoms with Crippen LogP contribution < -0.4 is 14.8 Å². The number of nitrogens with one attached hydrogen (secondary N) is 2. The number of ether oxygens (including phenoxy) is 1. The third kappa shape index (κ3) is 5.11. The van der Waals surface area contributed by atoms with Gasteiger partial charge in [-0.25, -0.2) is 8.42 Å². The van der Waals surface area contributed by atoms with E-state index < -0.39 is 15.9 Å². The van der Waals surface area contributed by atoms with Crippen LogP contribution in [0.25, 0.3) is 0 Å². The van der Waals surface area contributed by atoms with Gasteiger partial charge in [0.15, 0.2) is 5.82 Å². The minimum atomic E-state index is -3.45. The number of hydrogen-bond acceptors (Lipinski definition) is 6. The quantitative estimate of drug-likeness (QED) is 0.793. The number of halogens is 1. The molecule has 1 amide bonds. The summed E-state index contributed by atoms with van der Waals surface area (Å²) in [5.41, 5.74) is 0.409. The zero-order chi connectivity index (χ0) is 17.0. The number of carbonyl (C=O) groups excluding carboxylic acids is 1. The molecule has 0 fully saturated rings. The molecule has 0 saturated carbocycles. The number of sulfonamides is 1. The highest BCUT2D eigenvalue weighted by Gasteiger charge is 2.11. The predicted molar refractivity (Wildman–Crippen MR) is 85.1 cm³/mol. The standard InChI is InChI=1S/C12H14ClN5O4S/c1-22-10-4-3-8(13)5-9(10)15-12(19)7-18-14-6-11(16-18)17-23(2,20)21/h3-6H,7H2,1-2H3,(H,15,19)(H,16,17). The summed E-state index contributed by atoms with van der Waals surface area (Å²) >= 11 is 5.88. The monoisotopic (exact) mass is 359 g/mol. The van der Waals surface area contributed by atoms with Gasteiger partial charge in [-0.15, -0.1) is 5.10 Å². The summed E-state index contributed by atoms with van der Waals surface area (Å²) in [4.78, 5) is 13.1. The number of benzene rings is 1. The Balaban J connectivity index is 2.04. The van der Waals surface area contributed by atoms with E-state index in [9.17, 15) is 13.2 Å². The van der Waals surface area contributed by atoms with E-state index in [-0.39, 0.29) is 12.4 Å². The lowest BCUT2D eigenvalue weighted by molar-refractivity contribution is -0.117. The molecule has 2 N–H and O–H groups in total. The average Bonchev–Trinajstić information content (AvgIpc) is 2.83.